The summed E-state index contributed by atoms with van der Waals surface area (Å²) in [5, 5.41) is 2.50. The Labute approximate surface area is 359 Å². The molecule has 4 nitrogen and oxygen atoms in total. The van der Waals surface area contributed by atoms with Gasteiger partial charge in [-0.3, -0.25) is 0 Å². The third-order valence-electron chi connectivity index (χ3n) is 13.1. The fraction of sp³-hybridized carbons (Fsp3) is 0.0172. The Kier molecular flexibility index (Phi) is 7.49. The summed E-state index contributed by atoms with van der Waals surface area (Å²) < 4.78 is 2.45. The quantitative estimate of drug-likeness (QED) is 0.174. The number of benzene rings is 9. The van der Waals surface area contributed by atoms with Gasteiger partial charge in [0.1, 0.15) is 0 Å². The summed E-state index contributed by atoms with van der Waals surface area (Å²) in [6.45, 7) is 0. The monoisotopic (exact) mass is 788 g/mol. The zero-order valence-corrected chi connectivity index (χ0v) is 33.6. The second-order valence-electron chi connectivity index (χ2n) is 16.3. The molecule has 0 fully saturated rings. The molecule has 11 aromatic rings. The van der Waals surface area contributed by atoms with Crippen molar-refractivity contribution in [3.63, 3.8) is 0 Å². The maximum Gasteiger partial charge on any atom is 0.164 e. The SMILES string of the molecule is c1ccc(-c2nc(-c3ccccc3)nc(-c3ccc(-c4cccc(-n5c6ccccc6c6cc7c(cc65)-c5ccccc5C75c6ccccc6-c6ccccc65)c4)cc3)n2)cc1. The van der Waals surface area contributed by atoms with Crippen LogP contribution in [0.25, 0.3) is 95.0 Å². The summed E-state index contributed by atoms with van der Waals surface area (Å²) in [6, 6.07) is 78.7. The molecule has 1 spiro atoms. The molecule has 0 aliphatic heterocycles. The van der Waals surface area contributed by atoms with Crippen LogP contribution >= 0.6 is 0 Å². The lowest BCUT2D eigenvalue weighted by Crippen LogP contribution is -2.25. The molecule has 2 aliphatic rings. The van der Waals surface area contributed by atoms with Gasteiger partial charge in [0.2, 0.25) is 0 Å². The van der Waals surface area contributed by atoms with Crippen LogP contribution in [0.5, 0.6) is 0 Å². The second-order valence-corrected chi connectivity index (χ2v) is 16.3. The third kappa shape index (κ3) is 4.98. The van der Waals surface area contributed by atoms with Crippen LogP contribution in [0, 0.1) is 0 Å². The molecular formula is C58H36N4. The van der Waals surface area contributed by atoms with Crippen LogP contribution in [-0.4, -0.2) is 19.5 Å². The summed E-state index contributed by atoms with van der Waals surface area (Å²) in [5.74, 6) is 1.95. The van der Waals surface area contributed by atoms with Gasteiger partial charge >= 0.3 is 0 Å². The molecule has 62 heavy (non-hydrogen) atoms. The van der Waals surface area contributed by atoms with Crippen molar-refractivity contribution in [3.05, 3.63) is 241 Å². The van der Waals surface area contributed by atoms with Gasteiger partial charge < -0.3 is 4.57 Å². The van der Waals surface area contributed by atoms with E-state index in [0.29, 0.717) is 17.5 Å². The Hall–Kier alpha value is -8.21. The zero-order valence-electron chi connectivity index (χ0n) is 33.6. The van der Waals surface area contributed by atoms with Gasteiger partial charge in [-0.15, -0.1) is 0 Å². The minimum atomic E-state index is -0.393. The van der Waals surface area contributed by atoms with Crippen LogP contribution in [0.15, 0.2) is 218 Å². The minimum Gasteiger partial charge on any atom is -0.309 e. The predicted octanol–water partition coefficient (Wildman–Crippen LogP) is 14.0. The third-order valence-corrected chi connectivity index (χ3v) is 13.1. The van der Waals surface area contributed by atoms with Gasteiger partial charge in [0.25, 0.3) is 0 Å². The number of aromatic nitrogens is 4. The highest BCUT2D eigenvalue weighted by molar-refractivity contribution is 6.12. The summed E-state index contributed by atoms with van der Waals surface area (Å²) in [6.07, 6.45) is 0. The van der Waals surface area contributed by atoms with E-state index in [-0.39, 0.29) is 0 Å². The zero-order chi connectivity index (χ0) is 40.8. The molecule has 0 saturated heterocycles. The van der Waals surface area contributed by atoms with Crippen LogP contribution in [0.2, 0.25) is 0 Å². The van der Waals surface area contributed by atoms with Crippen LogP contribution in [0.4, 0.5) is 0 Å². The molecule has 9 aromatic carbocycles. The van der Waals surface area contributed by atoms with Crippen LogP contribution in [-0.2, 0) is 5.41 Å². The van der Waals surface area contributed by atoms with Gasteiger partial charge in [-0.2, -0.15) is 0 Å². The van der Waals surface area contributed by atoms with Crippen molar-refractivity contribution in [1.82, 2.24) is 19.5 Å². The van der Waals surface area contributed by atoms with Crippen molar-refractivity contribution < 1.29 is 0 Å². The van der Waals surface area contributed by atoms with E-state index in [0.717, 1.165) is 33.5 Å². The second kappa shape index (κ2) is 13.4. The van der Waals surface area contributed by atoms with Crippen molar-refractivity contribution in [2.75, 3.05) is 0 Å². The van der Waals surface area contributed by atoms with Crippen molar-refractivity contribution in [1.29, 1.82) is 0 Å². The maximum absolute atomic E-state index is 4.97. The first kappa shape index (κ1) is 34.6. The summed E-state index contributed by atoms with van der Waals surface area (Å²) in [5.41, 5.74) is 18.9. The Morgan fingerprint density at radius 2 is 0.758 bits per heavy atom. The van der Waals surface area contributed by atoms with Crippen LogP contribution < -0.4 is 0 Å². The van der Waals surface area contributed by atoms with Crippen molar-refractivity contribution in [2.24, 2.45) is 0 Å². The van der Waals surface area contributed by atoms with Gasteiger partial charge in [-0.25, -0.2) is 15.0 Å². The van der Waals surface area contributed by atoms with Crippen molar-refractivity contribution in [3.8, 4) is 73.2 Å². The number of hydrogen-bond acceptors (Lipinski definition) is 3. The molecule has 0 amide bonds. The molecule has 2 aromatic heterocycles. The van der Waals surface area contributed by atoms with E-state index in [9.17, 15) is 0 Å². The average Bonchev–Trinajstić information content (AvgIpc) is 3.95. The van der Waals surface area contributed by atoms with E-state index in [1.165, 1.54) is 66.3 Å². The van der Waals surface area contributed by atoms with Gasteiger partial charge in [-0.05, 0) is 86.0 Å². The first-order valence-corrected chi connectivity index (χ1v) is 21.2. The Morgan fingerprint density at radius 1 is 0.290 bits per heavy atom. The average molecular weight is 789 g/mol. The molecule has 0 N–H and O–H groups in total. The summed E-state index contributed by atoms with van der Waals surface area (Å²) in [7, 11) is 0. The van der Waals surface area contributed by atoms with E-state index in [2.05, 4.69) is 162 Å². The molecule has 0 radical (unpaired) electrons. The molecule has 288 valence electrons. The van der Waals surface area contributed by atoms with E-state index in [1.54, 1.807) is 0 Å². The Bertz CT molecular complexity index is 3460. The number of rotatable bonds is 5. The highest BCUT2D eigenvalue weighted by Crippen LogP contribution is 2.63. The fourth-order valence-corrected chi connectivity index (χ4v) is 10.4. The number of fused-ring (bicyclic) bond motifs is 13. The molecule has 0 bridgehead atoms. The smallest absolute Gasteiger partial charge is 0.164 e. The highest BCUT2D eigenvalue weighted by Gasteiger charge is 2.51. The Balaban J connectivity index is 0.947. The summed E-state index contributed by atoms with van der Waals surface area (Å²) >= 11 is 0. The molecule has 4 heteroatoms. The predicted molar refractivity (Wildman–Crippen MR) is 252 cm³/mol. The van der Waals surface area contributed by atoms with Gasteiger partial charge in [-0.1, -0.05) is 188 Å². The lowest BCUT2D eigenvalue weighted by Gasteiger charge is -2.30. The van der Waals surface area contributed by atoms with E-state index in [4.69, 9.17) is 15.0 Å². The Morgan fingerprint density at radius 3 is 1.35 bits per heavy atom. The van der Waals surface area contributed by atoms with Gasteiger partial charge in [0.05, 0.1) is 16.4 Å². The fourth-order valence-electron chi connectivity index (χ4n) is 10.4. The molecule has 2 aliphatic carbocycles. The van der Waals surface area contributed by atoms with E-state index < -0.39 is 5.41 Å². The van der Waals surface area contributed by atoms with Crippen LogP contribution in [0.1, 0.15) is 22.3 Å². The molecule has 0 atom stereocenters. The number of para-hydroxylation sites is 1. The van der Waals surface area contributed by atoms with Crippen LogP contribution in [0.3, 0.4) is 0 Å². The molecule has 2 heterocycles. The maximum atomic E-state index is 4.97. The van der Waals surface area contributed by atoms with Gasteiger partial charge in [0.15, 0.2) is 17.5 Å². The molecule has 0 saturated carbocycles. The lowest BCUT2D eigenvalue weighted by atomic mass is 9.70. The minimum absolute atomic E-state index is 0.393. The standard InChI is InChI=1S/C58H36N4/c1-3-16-38(17-4-1)55-59-56(39-18-5-2-6-19-39)61-57(60-55)40-32-30-37(31-33-40)41-20-15-21-42(34-41)62-53-29-14-10-25-46(53)48-35-52-47(36-54(48)62)45-24-9-13-28-51(45)58(52)49-26-11-7-22-43(49)44-23-8-12-27-50(44)58/h1-36H. The number of nitrogens with zero attached hydrogens (tertiary/aromatic N) is 4. The van der Waals surface area contributed by atoms with Crippen molar-refractivity contribution in [2.45, 2.75) is 5.41 Å². The molecular weight excluding hydrogens is 753 g/mol. The van der Waals surface area contributed by atoms with E-state index in [1.807, 2.05) is 60.7 Å². The van der Waals surface area contributed by atoms with Crippen molar-refractivity contribution >= 4 is 21.8 Å². The number of hydrogen-bond donors (Lipinski definition) is 0. The van der Waals surface area contributed by atoms with Gasteiger partial charge in [0, 0.05) is 33.2 Å². The largest absolute Gasteiger partial charge is 0.309 e. The first-order valence-electron chi connectivity index (χ1n) is 21.2. The topological polar surface area (TPSA) is 43.6 Å². The molecule has 0 unspecified atom stereocenters. The van der Waals surface area contributed by atoms with E-state index >= 15 is 0 Å². The molecule has 13 rings (SSSR count). The lowest BCUT2D eigenvalue weighted by molar-refractivity contribution is 0.795. The first-order chi connectivity index (χ1) is 30.7. The summed E-state index contributed by atoms with van der Waals surface area (Å²) in [4.78, 5) is 14.8. The normalized spacial score (nSPS) is 13.0. The highest BCUT2D eigenvalue weighted by atomic mass is 15.0.